The molecule has 0 amide bonds. The Hall–Kier alpha value is -1.47. The van der Waals surface area contributed by atoms with E-state index in [1.807, 2.05) is 30.3 Å². The fraction of sp³-hybridized carbons (Fsp3) is 0.417. The quantitative estimate of drug-likeness (QED) is 0.796. The molecule has 6 nitrogen and oxygen atoms in total. The lowest BCUT2D eigenvalue weighted by Gasteiger charge is -2.32. The summed E-state index contributed by atoms with van der Waals surface area (Å²) in [5.41, 5.74) is 0.962. The minimum atomic E-state index is 0.176. The number of halogens is 1. The highest BCUT2D eigenvalue weighted by Gasteiger charge is 2.24. The van der Waals surface area contributed by atoms with Crippen LogP contribution in [0.3, 0.4) is 0 Å². The van der Waals surface area contributed by atoms with E-state index < -0.39 is 0 Å². The Kier molecular flexibility index (Phi) is 3.74. The van der Waals surface area contributed by atoms with Crippen molar-refractivity contribution in [2.75, 3.05) is 29.9 Å². The molecule has 100 valence electrons. The first-order valence-electron chi connectivity index (χ1n) is 6.15. The second kappa shape index (κ2) is 5.66. The van der Waals surface area contributed by atoms with Crippen LogP contribution in [-0.4, -0.2) is 51.3 Å². The van der Waals surface area contributed by atoms with Crippen LogP contribution in [0, 0.1) is 0 Å². The van der Waals surface area contributed by atoms with Crippen molar-refractivity contribution in [1.82, 2.24) is 20.2 Å². The molecule has 1 atom stereocenters. The molecule has 1 aromatic carbocycles. The Morgan fingerprint density at radius 2 is 2.16 bits per heavy atom. The number of morpholine rings is 1. The lowest BCUT2D eigenvalue weighted by molar-refractivity contribution is 0.0563. The minimum absolute atomic E-state index is 0.176. The summed E-state index contributed by atoms with van der Waals surface area (Å²) in [6.45, 7) is 2.28. The van der Waals surface area contributed by atoms with Crippen LogP contribution in [0.15, 0.2) is 30.3 Å². The van der Waals surface area contributed by atoms with Crippen LogP contribution in [-0.2, 0) is 4.74 Å². The maximum atomic E-state index is 5.63. The molecule has 1 aromatic heterocycles. The highest BCUT2D eigenvalue weighted by atomic mass is 79.9. The van der Waals surface area contributed by atoms with Crippen LogP contribution in [0.5, 0.6) is 0 Å². The Bertz CT molecular complexity index is 532. The Balaban J connectivity index is 1.88. The smallest absolute Gasteiger partial charge is 0.250 e. The first-order chi connectivity index (χ1) is 9.38. The number of rotatable bonds is 3. The van der Waals surface area contributed by atoms with Crippen LogP contribution in [0.25, 0.3) is 5.69 Å². The van der Waals surface area contributed by atoms with Gasteiger partial charge in [0.2, 0.25) is 0 Å². The largest absolute Gasteiger partial charge is 0.374 e. The zero-order valence-electron chi connectivity index (χ0n) is 10.3. The molecule has 1 saturated heterocycles. The number of benzene rings is 1. The normalized spacial score (nSPS) is 19.6. The number of hydrogen-bond acceptors (Lipinski definition) is 5. The van der Waals surface area contributed by atoms with Crippen molar-refractivity contribution in [3.05, 3.63) is 30.3 Å². The van der Waals surface area contributed by atoms with E-state index in [2.05, 4.69) is 36.4 Å². The summed E-state index contributed by atoms with van der Waals surface area (Å²) in [6, 6.07) is 9.90. The zero-order valence-corrected chi connectivity index (χ0v) is 11.9. The van der Waals surface area contributed by atoms with Crippen molar-refractivity contribution in [3.8, 4) is 5.69 Å². The third kappa shape index (κ3) is 2.62. The van der Waals surface area contributed by atoms with Gasteiger partial charge in [0.15, 0.2) is 0 Å². The summed E-state index contributed by atoms with van der Waals surface area (Å²) in [5, 5.41) is 12.8. The van der Waals surface area contributed by atoms with E-state index in [0.717, 1.165) is 30.1 Å². The van der Waals surface area contributed by atoms with Gasteiger partial charge in [-0.2, -0.15) is 4.68 Å². The van der Waals surface area contributed by atoms with E-state index in [4.69, 9.17) is 4.74 Å². The van der Waals surface area contributed by atoms with Crippen molar-refractivity contribution in [2.24, 2.45) is 0 Å². The highest BCUT2D eigenvalue weighted by molar-refractivity contribution is 9.09. The van der Waals surface area contributed by atoms with Crippen LogP contribution in [0.1, 0.15) is 0 Å². The summed E-state index contributed by atoms with van der Waals surface area (Å²) in [7, 11) is 0. The molecular weight excluding hydrogens is 310 g/mol. The summed E-state index contributed by atoms with van der Waals surface area (Å²) >= 11 is 3.46. The van der Waals surface area contributed by atoms with E-state index in [1.54, 1.807) is 4.68 Å². The number of tetrazole rings is 1. The van der Waals surface area contributed by atoms with Crippen molar-refractivity contribution in [2.45, 2.75) is 6.10 Å². The summed E-state index contributed by atoms with van der Waals surface area (Å²) < 4.78 is 7.40. The first kappa shape index (κ1) is 12.6. The molecule has 19 heavy (non-hydrogen) atoms. The van der Waals surface area contributed by atoms with Gasteiger partial charge >= 0.3 is 0 Å². The van der Waals surface area contributed by atoms with E-state index in [9.17, 15) is 0 Å². The molecule has 0 bridgehead atoms. The Morgan fingerprint density at radius 3 is 2.95 bits per heavy atom. The first-order valence-corrected chi connectivity index (χ1v) is 7.27. The molecular formula is C12H14BrN5O. The SMILES string of the molecule is BrCC1CN(c2nnnn2-c2ccccc2)CCO1. The number of nitrogens with zero attached hydrogens (tertiary/aromatic N) is 5. The predicted octanol–water partition coefficient (Wildman–Crippen LogP) is 1.26. The fourth-order valence-electron chi connectivity index (χ4n) is 2.11. The Labute approximate surface area is 119 Å². The molecule has 0 aliphatic carbocycles. The molecule has 0 N–H and O–H groups in total. The second-order valence-electron chi connectivity index (χ2n) is 4.32. The molecule has 2 heterocycles. The molecule has 0 spiro atoms. The molecule has 1 unspecified atom stereocenters. The molecule has 1 fully saturated rings. The molecule has 0 radical (unpaired) electrons. The molecule has 1 aliphatic rings. The molecule has 7 heteroatoms. The van der Waals surface area contributed by atoms with Gasteiger partial charge in [0.05, 0.1) is 18.4 Å². The van der Waals surface area contributed by atoms with E-state index in [1.165, 1.54) is 0 Å². The standard InChI is InChI=1S/C12H14BrN5O/c13-8-11-9-17(6-7-19-11)12-14-15-16-18(12)10-4-2-1-3-5-10/h1-5,11H,6-9H2. The van der Waals surface area contributed by atoms with Crippen molar-refractivity contribution in [3.63, 3.8) is 0 Å². The van der Waals surface area contributed by atoms with Gasteiger partial charge in [-0.05, 0) is 22.6 Å². The monoisotopic (exact) mass is 323 g/mol. The summed E-state index contributed by atoms with van der Waals surface area (Å²) in [5.74, 6) is 0.764. The average molecular weight is 324 g/mol. The van der Waals surface area contributed by atoms with Crippen molar-refractivity contribution >= 4 is 21.9 Å². The van der Waals surface area contributed by atoms with Gasteiger partial charge in [0.1, 0.15) is 0 Å². The number of ether oxygens (including phenoxy) is 1. The average Bonchev–Trinajstić information content (AvgIpc) is 2.98. The molecule has 3 rings (SSSR count). The summed E-state index contributed by atoms with van der Waals surface area (Å²) in [4.78, 5) is 2.16. The molecule has 1 aliphatic heterocycles. The lowest BCUT2D eigenvalue weighted by atomic mass is 10.3. The third-order valence-corrected chi connectivity index (χ3v) is 3.77. The Morgan fingerprint density at radius 1 is 1.32 bits per heavy atom. The van der Waals surface area contributed by atoms with E-state index >= 15 is 0 Å². The number of anilines is 1. The number of aromatic nitrogens is 4. The van der Waals surface area contributed by atoms with Gasteiger partial charge < -0.3 is 9.64 Å². The zero-order chi connectivity index (χ0) is 13.1. The number of hydrogen-bond donors (Lipinski definition) is 0. The van der Waals surface area contributed by atoms with Gasteiger partial charge in [-0.1, -0.05) is 39.2 Å². The molecule has 2 aromatic rings. The van der Waals surface area contributed by atoms with Gasteiger partial charge in [-0.3, -0.25) is 0 Å². The van der Waals surface area contributed by atoms with Crippen LogP contribution in [0.2, 0.25) is 0 Å². The fourth-order valence-corrected chi connectivity index (χ4v) is 2.50. The second-order valence-corrected chi connectivity index (χ2v) is 4.97. The van der Waals surface area contributed by atoms with Gasteiger partial charge in [-0.15, -0.1) is 0 Å². The topological polar surface area (TPSA) is 56.1 Å². The van der Waals surface area contributed by atoms with E-state index in [-0.39, 0.29) is 6.10 Å². The predicted molar refractivity (Wildman–Crippen MR) is 74.9 cm³/mol. The maximum Gasteiger partial charge on any atom is 0.250 e. The van der Waals surface area contributed by atoms with Crippen molar-refractivity contribution < 1.29 is 4.74 Å². The van der Waals surface area contributed by atoms with Crippen molar-refractivity contribution in [1.29, 1.82) is 0 Å². The van der Waals surface area contributed by atoms with Crippen LogP contribution in [0.4, 0.5) is 5.95 Å². The van der Waals surface area contributed by atoms with E-state index in [0.29, 0.717) is 6.61 Å². The maximum absolute atomic E-state index is 5.63. The summed E-state index contributed by atoms with van der Waals surface area (Å²) in [6.07, 6.45) is 0.176. The number of para-hydroxylation sites is 1. The van der Waals surface area contributed by atoms with Crippen LogP contribution < -0.4 is 4.90 Å². The van der Waals surface area contributed by atoms with Gasteiger partial charge in [0, 0.05) is 18.4 Å². The van der Waals surface area contributed by atoms with Crippen LogP contribution >= 0.6 is 15.9 Å². The van der Waals surface area contributed by atoms with Gasteiger partial charge in [-0.25, -0.2) is 0 Å². The third-order valence-electron chi connectivity index (χ3n) is 3.05. The lowest BCUT2D eigenvalue weighted by Crippen LogP contribution is -2.44. The minimum Gasteiger partial charge on any atom is -0.374 e. The number of alkyl halides is 1. The highest BCUT2D eigenvalue weighted by Crippen LogP contribution is 2.18. The molecule has 0 saturated carbocycles. The van der Waals surface area contributed by atoms with Gasteiger partial charge in [0.25, 0.3) is 5.95 Å².